The van der Waals surface area contributed by atoms with Crippen molar-refractivity contribution in [2.45, 2.75) is 25.1 Å². The lowest BCUT2D eigenvalue weighted by molar-refractivity contribution is -0.141. The van der Waals surface area contributed by atoms with Crippen LogP contribution in [0.25, 0.3) is 0 Å². The normalized spacial score (nSPS) is 11.8. The smallest absolute Gasteiger partial charge is 0.326 e. The topological polar surface area (TPSA) is 86.6 Å². The average molecular weight is 283 g/mol. The number of phenolic OH excluding ortho intramolecular Hbond substituents is 1. The van der Waals surface area contributed by atoms with Gasteiger partial charge in [-0.25, -0.2) is 4.79 Å². The predicted molar refractivity (Wildman–Crippen MR) is 74.1 cm³/mol. The van der Waals surface area contributed by atoms with E-state index < -0.39 is 12.0 Å². The van der Waals surface area contributed by atoms with Crippen molar-refractivity contribution in [3.8, 4) is 5.75 Å². The van der Waals surface area contributed by atoms with Crippen LogP contribution in [0.4, 0.5) is 0 Å². The Morgan fingerprint density at radius 2 is 2.16 bits per heavy atom. The zero-order valence-electron chi connectivity index (χ0n) is 10.6. The Morgan fingerprint density at radius 1 is 1.42 bits per heavy atom. The number of aromatic hydroxyl groups is 1. The monoisotopic (exact) mass is 283 g/mol. The molecule has 0 saturated heterocycles. The van der Waals surface area contributed by atoms with Crippen molar-refractivity contribution in [3.05, 3.63) is 29.8 Å². The molecule has 1 amide bonds. The molecule has 0 fully saturated rings. The highest BCUT2D eigenvalue weighted by molar-refractivity contribution is 7.98. The molecule has 5 nitrogen and oxygen atoms in total. The molecule has 1 aromatic rings. The van der Waals surface area contributed by atoms with Crippen molar-refractivity contribution < 1.29 is 19.8 Å². The largest absolute Gasteiger partial charge is 0.508 e. The van der Waals surface area contributed by atoms with Crippen LogP contribution in [-0.2, 0) is 15.3 Å². The Labute approximate surface area is 116 Å². The van der Waals surface area contributed by atoms with Crippen molar-refractivity contribution in [2.75, 3.05) is 5.75 Å². The van der Waals surface area contributed by atoms with Crippen LogP contribution >= 0.6 is 11.8 Å². The molecule has 19 heavy (non-hydrogen) atoms. The van der Waals surface area contributed by atoms with Gasteiger partial charge in [0.1, 0.15) is 11.8 Å². The number of amides is 1. The van der Waals surface area contributed by atoms with Gasteiger partial charge >= 0.3 is 5.97 Å². The van der Waals surface area contributed by atoms with Crippen LogP contribution in [0.3, 0.4) is 0 Å². The lowest BCUT2D eigenvalue weighted by Crippen LogP contribution is -2.39. The first-order chi connectivity index (χ1) is 8.99. The molecule has 0 aliphatic rings. The number of carboxylic acid groups (broad SMARTS) is 1. The van der Waals surface area contributed by atoms with Crippen molar-refractivity contribution in [2.24, 2.45) is 0 Å². The van der Waals surface area contributed by atoms with Crippen LogP contribution in [0.1, 0.15) is 18.9 Å². The third-order valence-electron chi connectivity index (χ3n) is 2.41. The van der Waals surface area contributed by atoms with Crippen LogP contribution in [0, 0.1) is 0 Å². The summed E-state index contributed by atoms with van der Waals surface area (Å²) in [6.07, 6.45) is 0.373. The summed E-state index contributed by atoms with van der Waals surface area (Å²) in [6, 6.07) is 6.10. The van der Waals surface area contributed by atoms with Gasteiger partial charge in [0.15, 0.2) is 0 Å². The minimum Gasteiger partial charge on any atom is -0.508 e. The standard InChI is InChI=1S/C13H17NO4S/c1-9(15)14-12(13(17)18)5-6-19-8-10-3-2-4-11(16)7-10/h2-4,7,12,16H,5-6,8H2,1H3,(H,14,15)(H,17,18). The second-order valence-corrected chi connectivity index (χ2v) is 5.21. The molecule has 0 spiro atoms. The summed E-state index contributed by atoms with van der Waals surface area (Å²) in [5, 5.41) is 20.6. The van der Waals surface area contributed by atoms with E-state index in [0.29, 0.717) is 17.9 Å². The number of thioether (sulfide) groups is 1. The number of carbonyl (C=O) groups is 2. The summed E-state index contributed by atoms with van der Waals surface area (Å²) < 4.78 is 0. The van der Waals surface area contributed by atoms with Gasteiger partial charge in [-0.2, -0.15) is 11.8 Å². The van der Waals surface area contributed by atoms with Crippen molar-refractivity contribution in [1.82, 2.24) is 5.32 Å². The lowest BCUT2D eigenvalue weighted by atomic mass is 10.2. The van der Waals surface area contributed by atoms with E-state index in [1.165, 1.54) is 6.92 Å². The van der Waals surface area contributed by atoms with Crippen LogP contribution in [0.5, 0.6) is 5.75 Å². The minimum absolute atomic E-state index is 0.222. The van der Waals surface area contributed by atoms with Gasteiger partial charge in [0, 0.05) is 12.7 Å². The maximum atomic E-state index is 10.9. The second-order valence-electron chi connectivity index (χ2n) is 4.10. The van der Waals surface area contributed by atoms with E-state index in [4.69, 9.17) is 5.11 Å². The van der Waals surface area contributed by atoms with Crippen molar-refractivity contribution in [3.63, 3.8) is 0 Å². The first-order valence-corrected chi connectivity index (χ1v) is 7.00. The number of aliphatic carboxylic acids is 1. The molecular formula is C13H17NO4S. The number of benzene rings is 1. The zero-order chi connectivity index (χ0) is 14.3. The van der Waals surface area contributed by atoms with Gasteiger partial charge in [-0.15, -0.1) is 0 Å². The second kappa shape index (κ2) is 7.68. The number of rotatable bonds is 7. The molecule has 1 aromatic carbocycles. The molecule has 104 valence electrons. The van der Waals surface area contributed by atoms with Crippen LogP contribution < -0.4 is 5.32 Å². The Kier molecular flexibility index (Phi) is 6.21. The summed E-state index contributed by atoms with van der Waals surface area (Å²) in [4.78, 5) is 21.7. The molecule has 0 aliphatic heterocycles. The number of phenols is 1. The third kappa shape index (κ3) is 6.15. The number of nitrogens with one attached hydrogen (secondary N) is 1. The number of hydrogen-bond donors (Lipinski definition) is 3. The molecule has 0 radical (unpaired) electrons. The molecule has 1 atom stereocenters. The van der Waals surface area contributed by atoms with E-state index in [0.717, 1.165) is 5.56 Å². The van der Waals surface area contributed by atoms with E-state index in [9.17, 15) is 14.7 Å². The van der Waals surface area contributed by atoms with Crippen LogP contribution in [0.15, 0.2) is 24.3 Å². The highest BCUT2D eigenvalue weighted by Gasteiger charge is 2.17. The van der Waals surface area contributed by atoms with Gasteiger partial charge in [0.05, 0.1) is 0 Å². The molecule has 6 heteroatoms. The van der Waals surface area contributed by atoms with Crippen molar-refractivity contribution >= 4 is 23.6 Å². The summed E-state index contributed by atoms with van der Waals surface area (Å²) in [5.41, 5.74) is 0.983. The first kappa shape index (κ1) is 15.4. The Bertz CT molecular complexity index is 450. The highest BCUT2D eigenvalue weighted by Crippen LogP contribution is 2.17. The van der Waals surface area contributed by atoms with E-state index >= 15 is 0 Å². The van der Waals surface area contributed by atoms with Gasteiger partial charge in [-0.3, -0.25) is 4.79 Å². The quantitative estimate of drug-likeness (QED) is 0.662. The van der Waals surface area contributed by atoms with Crippen LogP contribution in [0.2, 0.25) is 0 Å². The van der Waals surface area contributed by atoms with Gasteiger partial charge in [0.25, 0.3) is 0 Å². The molecule has 1 unspecified atom stereocenters. The number of carbonyl (C=O) groups excluding carboxylic acids is 1. The summed E-state index contributed by atoms with van der Waals surface area (Å²) >= 11 is 1.56. The maximum Gasteiger partial charge on any atom is 0.326 e. The molecule has 0 heterocycles. The molecule has 0 bridgehead atoms. The summed E-state index contributed by atoms with van der Waals surface area (Å²) in [6.45, 7) is 1.30. The lowest BCUT2D eigenvalue weighted by Gasteiger charge is -2.12. The third-order valence-corrected chi connectivity index (χ3v) is 3.47. The van der Waals surface area contributed by atoms with E-state index in [-0.39, 0.29) is 11.7 Å². The first-order valence-electron chi connectivity index (χ1n) is 5.84. The highest BCUT2D eigenvalue weighted by atomic mass is 32.2. The molecule has 0 aromatic heterocycles. The Balaban J connectivity index is 2.32. The predicted octanol–water partition coefficient (Wildman–Crippen LogP) is 1.60. The van der Waals surface area contributed by atoms with E-state index in [1.54, 1.807) is 30.0 Å². The van der Waals surface area contributed by atoms with Gasteiger partial charge < -0.3 is 15.5 Å². The number of carboxylic acids is 1. The Hall–Kier alpha value is -1.69. The van der Waals surface area contributed by atoms with E-state index in [2.05, 4.69) is 5.32 Å². The summed E-state index contributed by atoms with van der Waals surface area (Å²) in [5.74, 6) is 0.173. The van der Waals surface area contributed by atoms with E-state index in [1.807, 2.05) is 6.07 Å². The fraction of sp³-hybridized carbons (Fsp3) is 0.385. The molecule has 3 N–H and O–H groups in total. The van der Waals surface area contributed by atoms with Gasteiger partial charge in [-0.1, -0.05) is 12.1 Å². The molecule has 0 saturated carbocycles. The maximum absolute atomic E-state index is 10.9. The molecular weight excluding hydrogens is 266 g/mol. The molecule has 1 rings (SSSR count). The average Bonchev–Trinajstić information content (AvgIpc) is 2.32. The SMILES string of the molecule is CC(=O)NC(CCSCc1cccc(O)c1)C(=O)O. The van der Waals surface area contributed by atoms with Gasteiger partial charge in [-0.05, 0) is 29.9 Å². The van der Waals surface area contributed by atoms with Crippen LogP contribution in [-0.4, -0.2) is 33.9 Å². The fourth-order valence-corrected chi connectivity index (χ4v) is 2.50. The minimum atomic E-state index is -1.02. The molecule has 0 aliphatic carbocycles. The van der Waals surface area contributed by atoms with Crippen molar-refractivity contribution in [1.29, 1.82) is 0 Å². The van der Waals surface area contributed by atoms with Gasteiger partial charge in [0.2, 0.25) is 5.91 Å². The fourth-order valence-electron chi connectivity index (χ4n) is 1.54. The Morgan fingerprint density at radius 3 is 2.74 bits per heavy atom. The zero-order valence-corrected chi connectivity index (χ0v) is 11.4. The summed E-state index contributed by atoms with van der Waals surface area (Å²) in [7, 11) is 0. The number of hydrogen-bond acceptors (Lipinski definition) is 4.